The number of likely N-dealkylation sites (tertiary alicyclic amines) is 1. The third-order valence-electron chi connectivity index (χ3n) is 7.30. The second kappa shape index (κ2) is 11.7. The number of rotatable bonds is 8. The molecule has 2 aromatic heterocycles. The molecular formula is C30H32ClN3O5. The van der Waals surface area contributed by atoms with Gasteiger partial charge in [0.05, 0.1) is 12.5 Å². The first-order valence-electron chi connectivity index (χ1n) is 13.0. The molecule has 39 heavy (non-hydrogen) atoms. The van der Waals surface area contributed by atoms with Gasteiger partial charge in [0, 0.05) is 24.9 Å². The highest BCUT2D eigenvalue weighted by molar-refractivity contribution is 5.90. The molecule has 204 valence electrons. The van der Waals surface area contributed by atoms with Gasteiger partial charge in [-0.2, -0.15) is 0 Å². The summed E-state index contributed by atoms with van der Waals surface area (Å²) in [5, 5.41) is 21.8. The van der Waals surface area contributed by atoms with E-state index in [4.69, 9.17) is 18.3 Å². The Morgan fingerprint density at radius 1 is 1.00 bits per heavy atom. The van der Waals surface area contributed by atoms with Crippen LogP contribution in [0, 0.1) is 6.92 Å². The minimum absolute atomic E-state index is 0. The van der Waals surface area contributed by atoms with E-state index in [-0.39, 0.29) is 19.0 Å². The first kappa shape index (κ1) is 27.0. The highest BCUT2D eigenvalue weighted by Crippen LogP contribution is 2.39. The topological polar surface area (TPSA) is 94.0 Å². The van der Waals surface area contributed by atoms with Crippen molar-refractivity contribution < 1.29 is 23.4 Å². The molecule has 5 aromatic rings. The van der Waals surface area contributed by atoms with E-state index in [9.17, 15) is 5.11 Å². The van der Waals surface area contributed by atoms with Gasteiger partial charge in [0.2, 0.25) is 5.89 Å². The molecule has 6 rings (SSSR count). The fourth-order valence-corrected chi connectivity index (χ4v) is 5.43. The number of β-amino-alcohol motifs (C(OH)–C–C–N with tert-alkyl or cyclic N) is 1. The molecule has 1 aliphatic rings. The minimum Gasteiger partial charge on any atom is -0.496 e. The van der Waals surface area contributed by atoms with Gasteiger partial charge in [-0.1, -0.05) is 42.5 Å². The molecular weight excluding hydrogens is 518 g/mol. The number of halogens is 1. The highest BCUT2D eigenvalue weighted by atomic mass is 35.5. The summed E-state index contributed by atoms with van der Waals surface area (Å²) in [7, 11) is 1.76. The second-order valence-corrected chi connectivity index (χ2v) is 9.85. The Bertz CT molecular complexity index is 1560. The van der Waals surface area contributed by atoms with Crippen LogP contribution in [-0.2, 0) is 0 Å². The smallest absolute Gasteiger partial charge is 0.283 e. The average Bonchev–Trinajstić information content (AvgIpc) is 3.58. The van der Waals surface area contributed by atoms with Crippen molar-refractivity contribution >= 4 is 34.1 Å². The molecule has 3 aromatic carbocycles. The van der Waals surface area contributed by atoms with Crippen LogP contribution in [0.5, 0.6) is 11.5 Å². The fourth-order valence-electron chi connectivity index (χ4n) is 5.43. The number of aryl methyl sites for hydroxylation is 1. The quantitative estimate of drug-likeness (QED) is 0.252. The molecule has 1 fully saturated rings. The Morgan fingerprint density at radius 3 is 2.59 bits per heavy atom. The molecule has 8 nitrogen and oxygen atoms in total. The highest BCUT2D eigenvalue weighted by Gasteiger charge is 2.25. The van der Waals surface area contributed by atoms with Gasteiger partial charge in [-0.3, -0.25) is 0 Å². The molecule has 1 saturated heterocycles. The molecule has 1 N–H and O–H groups in total. The summed E-state index contributed by atoms with van der Waals surface area (Å²) >= 11 is 0. The molecule has 0 spiro atoms. The average molecular weight is 550 g/mol. The van der Waals surface area contributed by atoms with Gasteiger partial charge in [-0.15, -0.1) is 22.6 Å². The summed E-state index contributed by atoms with van der Waals surface area (Å²) in [5.74, 6) is 3.36. The maximum atomic E-state index is 10.8. The summed E-state index contributed by atoms with van der Waals surface area (Å²) in [4.78, 5) is 2.31. The Hall–Kier alpha value is -3.59. The number of aliphatic hydroxyl groups excluding tert-OH is 1. The third-order valence-corrected chi connectivity index (χ3v) is 7.30. The summed E-state index contributed by atoms with van der Waals surface area (Å²) in [5.41, 5.74) is 1.94. The first-order chi connectivity index (χ1) is 18.6. The van der Waals surface area contributed by atoms with Crippen LogP contribution >= 0.6 is 12.4 Å². The van der Waals surface area contributed by atoms with E-state index in [1.807, 2.05) is 24.3 Å². The van der Waals surface area contributed by atoms with Crippen LogP contribution < -0.4 is 9.47 Å². The molecule has 3 heterocycles. The van der Waals surface area contributed by atoms with Crippen LogP contribution in [0.4, 0.5) is 0 Å². The zero-order chi connectivity index (χ0) is 26.1. The van der Waals surface area contributed by atoms with E-state index in [2.05, 4.69) is 51.5 Å². The molecule has 0 radical (unpaired) electrons. The summed E-state index contributed by atoms with van der Waals surface area (Å²) in [6.45, 7) is 4.33. The lowest BCUT2D eigenvalue weighted by Crippen LogP contribution is -2.40. The summed E-state index contributed by atoms with van der Waals surface area (Å²) in [6, 6.07) is 20.2. The maximum absolute atomic E-state index is 10.8. The number of hydrogen-bond donors (Lipinski definition) is 1. The van der Waals surface area contributed by atoms with E-state index in [0.29, 0.717) is 41.3 Å². The Kier molecular flexibility index (Phi) is 8.07. The Balaban J connectivity index is 0.00000308. The molecule has 0 amide bonds. The van der Waals surface area contributed by atoms with Gasteiger partial charge >= 0.3 is 0 Å². The number of aliphatic hydroxyl groups is 1. The number of nitrogens with zero attached hydrogens (tertiary/aromatic N) is 3. The predicted molar refractivity (Wildman–Crippen MR) is 152 cm³/mol. The lowest BCUT2D eigenvalue weighted by molar-refractivity contribution is 0.0598. The van der Waals surface area contributed by atoms with Crippen molar-refractivity contribution in [1.29, 1.82) is 0 Å². The number of hydrogen-bond acceptors (Lipinski definition) is 8. The minimum atomic E-state index is -0.609. The van der Waals surface area contributed by atoms with Crippen LogP contribution in [0.2, 0.25) is 0 Å². The van der Waals surface area contributed by atoms with E-state index in [1.54, 1.807) is 14.0 Å². The van der Waals surface area contributed by atoms with Crippen LogP contribution in [0.15, 0.2) is 69.5 Å². The molecule has 0 unspecified atom stereocenters. The van der Waals surface area contributed by atoms with E-state index >= 15 is 0 Å². The third kappa shape index (κ3) is 5.59. The van der Waals surface area contributed by atoms with Gasteiger partial charge < -0.3 is 28.3 Å². The van der Waals surface area contributed by atoms with Gasteiger partial charge in [0.1, 0.15) is 29.8 Å². The normalized spacial score (nSPS) is 15.4. The molecule has 1 atom stereocenters. The van der Waals surface area contributed by atoms with E-state index in [1.165, 1.54) is 10.9 Å². The lowest BCUT2D eigenvalue weighted by Gasteiger charge is -2.34. The number of ether oxygens (including phenoxy) is 2. The number of furan rings is 1. The second-order valence-electron chi connectivity index (χ2n) is 9.85. The molecule has 9 heteroatoms. The molecule has 0 bridgehead atoms. The lowest BCUT2D eigenvalue weighted by atomic mass is 9.87. The number of methoxy groups -OCH3 is 1. The van der Waals surface area contributed by atoms with Crippen LogP contribution in [0.1, 0.15) is 30.2 Å². The van der Waals surface area contributed by atoms with Crippen molar-refractivity contribution in [2.24, 2.45) is 0 Å². The SMILES string of the molecule is COc1c(C2CCN(C[C@H](O)COc3cccc4oc(-c5nnc(C)o5)cc34)CC2)ccc2ccccc12.Cl. The van der Waals surface area contributed by atoms with Gasteiger partial charge in [0.25, 0.3) is 5.89 Å². The standard InChI is InChI=1S/C30H31N3O5.ClH/c1-19-31-32-30(37-19)28-16-25-26(8-5-9-27(25)38-28)36-18-22(34)17-33-14-12-21(13-15-33)24-11-10-20-6-3-4-7-23(20)29(24)35-2;/h3-11,16,21-22,34H,12-15,17-18H2,1-2H3;1H/t22-;/m0./s1. The number of fused-ring (bicyclic) bond motifs is 2. The predicted octanol–water partition coefficient (Wildman–Crippen LogP) is 5.99. The first-order valence-corrected chi connectivity index (χ1v) is 13.0. The van der Waals surface area contributed by atoms with E-state index in [0.717, 1.165) is 42.5 Å². The van der Waals surface area contributed by atoms with Crippen molar-refractivity contribution in [3.63, 3.8) is 0 Å². The molecule has 1 aliphatic heterocycles. The molecule has 0 aliphatic carbocycles. The zero-order valence-electron chi connectivity index (χ0n) is 22.0. The zero-order valence-corrected chi connectivity index (χ0v) is 22.8. The Morgan fingerprint density at radius 2 is 1.82 bits per heavy atom. The van der Waals surface area contributed by atoms with Crippen LogP contribution in [0.3, 0.4) is 0 Å². The van der Waals surface area contributed by atoms with Gasteiger partial charge in [-0.25, -0.2) is 0 Å². The van der Waals surface area contributed by atoms with Gasteiger partial charge in [0.15, 0.2) is 5.76 Å². The maximum Gasteiger partial charge on any atom is 0.283 e. The van der Waals surface area contributed by atoms with Gasteiger partial charge in [-0.05, 0) is 54.9 Å². The van der Waals surface area contributed by atoms with Crippen LogP contribution in [0.25, 0.3) is 33.4 Å². The molecule has 0 saturated carbocycles. The summed E-state index contributed by atoms with van der Waals surface area (Å²) in [6.07, 6.45) is 1.44. The van der Waals surface area contributed by atoms with E-state index < -0.39 is 6.10 Å². The fraction of sp³-hybridized carbons (Fsp3) is 0.333. The van der Waals surface area contributed by atoms with Crippen molar-refractivity contribution in [1.82, 2.24) is 15.1 Å². The van der Waals surface area contributed by atoms with Crippen molar-refractivity contribution in [2.45, 2.75) is 31.8 Å². The Labute approximate surface area is 232 Å². The number of benzene rings is 3. The number of piperidine rings is 1. The number of aromatic nitrogens is 2. The largest absolute Gasteiger partial charge is 0.496 e. The summed E-state index contributed by atoms with van der Waals surface area (Å²) < 4.78 is 23.2. The van der Waals surface area contributed by atoms with Crippen molar-refractivity contribution in [3.05, 3.63) is 72.1 Å². The van der Waals surface area contributed by atoms with Crippen molar-refractivity contribution in [3.8, 4) is 23.1 Å². The van der Waals surface area contributed by atoms with Crippen LogP contribution in [-0.4, -0.2) is 59.7 Å². The monoisotopic (exact) mass is 549 g/mol. The van der Waals surface area contributed by atoms with Crippen molar-refractivity contribution in [2.75, 3.05) is 33.4 Å².